The van der Waals surface area contributed by atoms with Crippen LogP contribution < -0.4 is 0 Å². The van der Waals surface area contributed by atoms with E-state index in [0.717, 1.165) is 21.2 Å². The summed E-state index contributed by atoms with van der Waals surface area (Å²) in [5.41, 5.74) is 2.08. The van der Waals surface area contributed by atoms with Crippen molar-refractivity contribution in [2.75, 3.05) is 0 Å². The molecule has 25 heavy (non-hydrogen) atoms. The maximum atomic E-state index is 12.8. The second-order valence-electron chi connectivity index (χ2n) is 5.44. The van der Waals surface area contributed by atoms with Gasteiger partial charge in [0.1, 0.15) is 17.9 Å². The minimum Gasteiger partial charge on any atom is -0.346 e. The fraction of sp³-hybridized carbons (Fsp3) is 0.214. The van der Waals surface area contributed by atoms with E-state index in [-0.39, 0.29) is 12.4 Å². The minimum atomic E-state index is -4.55. The van der Waals surface area contributed by atoms with Crippen LogP contribution in [0.1, 0.15) is 11.6 Å². The summed E-state index contributed by atoms with van der Waals surface area (Å²) >= 11 is 0. The van der Waals surface area contributed by atoms with Gasteiger partial charge in [0.25, 0.3) is 0 Å². The predicted octanol–water partition coefficient (Wildman–Crippen LogP) is 2.02. The van der Waals surface area contributed by atoms with Crippen molar-refractivity contribution < 1.29 is 13.2 Å². The normalized spacial score (nSPS) is 12.2. The van der Waals surface area contributed by atoms with Crippen LogP contribution in [0, 0.1) is 0 Å². The van der Waals surface area contributed by atoms with E-state index in [1.165, 1.54) is 11.7 Å². The van der Waals surface area contributed by atoms with Crippen molar-refractivity contribution in [1.29, 1.82) is 0 Å². The lowest BCUT2D eigenvalue weighted by Crippen LogP contribution is -2.15. The van der Waals surface area contributed by atoms with E-state index in [4.69, 9.17) is 0 Å². The Labute approximate surface area is 138 Å². The molecule has 4 heterocycles. The minimum absolute atomic E-state index is 0.0202. The number of hydrogen-bond donors (Lipinski definition) is 1. The molecule has 1 N–H and O–H groups in total. The maximum Gasteiger partial charge on any atom is 0.451 e. The number of alkyl halides is 3. The molecule has 4 rings (SSSR count). The number of nitrogens with one attached hydrogen (secondary N) is 1. The molecule has 0 bridgehead atoms. The lowest BCUT2D eigenvalue weighted by atomic mass is 10.2. The molecule has 0 amide bonds. The Bertz CT molecular complexity index is 1040. The molecule has 0 saturated heterocycles. The molecule has 0 aliphatic carbocycles. The molecule has 4 aromatic heterocycles. The number of nitrogens with zero attached hydrogens (tertiary/aromatic N) is 7. The molecule has 0 fully saturated rings. The quantitative estimate of drug-likeness (QED) is 0.612. The van der Waals surface area contributed by atoms with Gasteiger partial charge in [0.15, 0.2) is 5.82 Å². The number of aromatic nitrogens is 8. The van der Waals surface area contributed by atoms with Crippen LogP contribution in [0.5, 0.6) is 0 Å². The zero-order valence-corrected chi connectivity index (χ0v) is 12.9. The number of H-pyrrole nitrogens is 1. The first-order valence-electron chi connectivity index (χ1n) is 7.21. The topological polar surface area (TPSA) is 90.1 Å². The highest BCUT2D eigenvalue weighted by molar-refractivity contribution is 5.80. The Morgan fingerprint density at radius 2 is 2.04 bits per heavy atom. The molecule has 0 saturated carbocycles. The summed E-state index contributed by atoms with van der Waals surface area (Å²) in [6, 6.07) is 3.78. The fourth-order valence-corrected chi connectivity index (χ4v) is 2.48. The summed E-state index contributed by atoms with van der Waals surface area (Å²) < 4.78 is 40.6. The molecule has 0 aromatic carbocycles. The van der Waals surface area contributed by atoms with Gasteiger partial charge in [-0.2, -0.15) is 13.2 Å². The number of halogens is 3. The van der Waals surface area contributed by atoms with E-state index in [9.17, 15) is 13.2 Å². The number of fused-ring (bicyclic) bond motifs is 1. The summed E-state index contributed by atoms with van der Waals surface area (Å²) in [6.07, 6.45) is 0.504. The van der Waals surface area contributed by atoms with Crippen molar-refractivity contribution in [1.82, 2.24) is 39.7 Å². The molecular weight excluding hydrogens is 337 g/mol. The van der Waals surface area contributed by atoms with E-state index >= 15 is 0 Å². The maximum absolute atomic E-state index is 12.8. The standard InChI is InChI=1S/C14H11F3N8/c1-24-11(21-22-13(24)14(15,16)17)7-25-6-10(20-23-25)9-4-8-2-3-18-12(8)19-5-9/h2-6H,7H2,1H3,(H,18,19). The zero-order chi connectivity index (χ0) is 17.6. The summed E-state index contributed by atoms with van der Waals surface area (Å²) in [7, 11) is 1.26. The van der Waals surface area contributed by atoms with Gasteiger partial charge in [0, 0.05) is 30.4 Å². The Balaban J connectivity index is 1.60. The average Bonchev–Trinajstić information content (AvgIpc) is 3.27. The van der Waals surface area contributed by atoms with Crippen molar-refractivity contribution in [3.63, 3.8) is 0 Å². The first-order valence-corrected chi connectivity index (χ1v) is 7.21. The van der Waals surface area contributed by atoms with Crippen molar-refractivity contribution >= 4 is 11.0 Å². The third-order valence-electron chi connectivity index (χ3n) is 3.76. The monoisotopic (exact) mass is 348 g/mol. The van der Waals surface area contributed by atoms with Gasteiger partial charge in [-0.15, -0.1) is 15.3 Å². The SMILES string of the molecule is Cn1c(Cn2cc(-c3cnc4[nH]ccc4c3)nn2)nnc1C(F)(F)F. The molecule has 0 spiro atoms. The lowest BCUT2D eigenvalue weighted by molar-refractivity contribution is -0.147. The van der Waals surface area contributed by atoms with Gasteiger partial charge >= 0.3 is 6.18 Å². The molecule has 11 heteroatoms. The van der Waals surface area contributed by atoms with Crippen LogP contribution in [0.25, 0.3) is 22.3 Å². The van der Waals surface area contributed by atoms with Gasteiger partial charge in [-0.1, -0.05) is 5.21 Å². The second-order valence-corrected chi connectivity index (χ2v) is 5.44. The number of rotatable bonds is 3. The van der Waals surface area contributed by atoms with E-state index < -0.39 is 12.0 Å². The van der Waals surface area contributed by atoms with Crippen molar-refractivity contribution in [3.8, 4) is 11.3 Å². The molecule has 0 unspecified atom stereocenters. The zero-order valence-electron chi connectivity index (χ0n) is 12.9. The Morgan fingerprint density at radius 1 is 1.20 bits per heavy atom. The Hall–Kier alpha value is -3.24. The van der Waals surface area contributed by atoms with Gasteiger partial charge in [0.05, 0.1) is 6.20 Å². The van der Waals surface area contributed by atoms with Gasteiger partial charge in [0.2, 0.25) is 5.82 Å². The van der Waals surface area contributed by atoms with Gasteiger partial charge in [-0.3, -0.25) is 0 Å². The van der Waals surface area contributed by atoms with Crippen LogP contribution in [0.3, 0.4) is 0 Å². The molecule has 0 aliphatic rings. The molecule has 0 aliphatic heterocycles. The van der Waals surface area contributed by atoms with Crippen molar-refractivity contribution in [2.45, 2.75) is 12.7 Å². The molecular formula is C14H11F3N8. The third-order valence-corrected chi connectivity index (χ3v) is 3.76. The highest BCUT2D eigenvalue weighted by Crippen LogP contribution is 2.27. The van der Waals surface area contributed by atoms with Crippen LogP contribution in [0.2, 0.25) is 0 Å². The second kappa shape index (κ2) is 5.40. The summed E-state index contributed by atoms with van der Waals surface area (Å²) in [5.74, 6) is -0.923. The smallest absolute Gasteiger partial charge is 0.346 e. The molecule has 0 radical (unpaired) electrons. The molecule has 4 aromatic rings. The molecule has 128 valence electrons. The molecule has 0 atom stereocenters. The van der Waals surface area contributed by atoms with Crippen LogP contribution in [-0.4, -0.2) is 39.7 Å². The number of aromatic amines is 1. The largest absolute Gasteiger partial charge is 0.451 e. The predicted molar refractivity (Wildman–Crippen MR) is 80.2 cm³/mol. The third kappa shape index (κ3) is 2.73. The van der Waals surface area contributed by atoms with Gasteiger partial charge in [-0.25, -0.2) is 9.67 Å². The Kier molecular flexibility index (Phi) is 3.30. The van der Waals surface area contributed by atoms with E-state index in [1.807, 2.05) is 12.1 Å². The summed E-state index contributed by atoms with van der Waals surface area (Å²) in [4.78, 5) is 7.27. The number of pyridine rings is 1. The van der Waals surface area contributed by atoms with Crippen LogP contribution in [0.4, 0.5) is 13.2 Å². The van der Waals surface area contributed by atoms with Crippen molar-refractivity contribution in [3.05, 3.63) is 42.4 Å². The fourth-order valence-electron chi connectivity index (χ4n) is 2.48. The number of hydrogen-bond acceptors (Lipinski definition) is 5. The first kappa shape index (κ1) is 15.3. The van der Waals surface area contributed by atoms with E-state index in [1.54, 1.807) is 18.6 Å². The summed E-state index contributed by atoms with van der Waals surface area (Å²) in [6.45, 7) is 0.0202. The summed E-state index contributed by atoms with van der Waals surface area (Å²) in [5, 5.41) is 15.7. The first-order chi connectivity index (χ1) is 11.9. The van der Waals surface area contributed by atoms with Gasteiger partial charge in [-0.05, 0) is 12.1 Å². The molecule has 8 nitrogen and oxygen atoms in total. The highest BCUT2D eigenvalue weighted by atomic mass is 19.4. The van der Waals surface area contributed by atoms with E-state index in [0.29, 0.717) is 5.69 Å². The average molecular weight is 348 g/mol. The van der Waals surface area contributed by atoms with Crippen LogP contribution in [-0.2, 0) is 19.8 Å². The van der Waals surface area contributed by atoms with E-state index in [2.05, 4.69) is 30.5 Å². The highest BCUT2D eigenvalue weighted by Gasteiger charge is 2.37. The lowest BCUT2D eigenvalue weighted by Gasteiger charge is -2.06. The van der Waals surface area contributed by atoms with Crippen LogP contribution in [0.15, 0.2) is 30.7 Å². The Morgan fingerprint density at radius 3 is 2.80 bits per heavy atom. The van der Waals surface area contributed by atoms with Crippen LogP contribution >= 0.6 is 0 Å². The van der Waals surface area contributed by atoms with Crippen molar-refractivity contribution in [2.24, 2.45) is 7.05 Å². The van der Waals surface area contributed by atoms with Gasteiger partial charge < -0.3 is 9.55 Å².